The molecule has 25 heavy (non-hydrogen) atoms. The van der Waals surface area contributed by atoms with E-state index in [2.05, 4.69) is 44.0 Å². The van der Waals surface area contributed by atoms with Gasteiger partial charge in [0.05, 0.1) is 10.4 Å². The second-order valence-electron chi connectivity index (χ2n) is 5.80. The van der Waals surface area contributed by atoms with E-state index in [4.69, 9.17) is 10.5 Å². The summed E-state index contributed by atoms with van der Waals surface area (Å²) in [6.45, 7) is 0. The molecule has 3 nitrogen and oxygen atoms in total. The van der Waals surface area contributed by atoms with Gasteiger partial charge in [0.1, 0.15) is 17.4 Å². The summed E-state index contributed by atoms with van der Waals surface area (Å²) in [4.78, 5) is 0. The summed E-state index contributed by atoms with van der Waals surface area (Å²) in [5.74, 6) is 0.553. The average Bonchev–Trinajstić information content (AvgIpc) is 2.61. The van der Waals surface area contributed by atoms with Crippen molar-refractivity contribution >= 4 is 42.6 Å². The van der Waals surface area contributed by atoms with Gasteiger partial charge >= 0.3 is 0 Å². The number of rotatable bonds is 1. The molecule has 0 aliphatic carbocycles. The number of fused-ring (bicyclic) bond motifs is 3. The quantitative estimate of drug-likeness (QED) is 0.520. The number of ether oxygens (including phenoxy) is 1. The first-order valence-corrected chi connectivity index (χ1v) is 9.23. The molecule has 0 radical (unpaired) electrons. The van der Waals surface area contributed by atoms with Crippen molar-refractivity contribution in [3.05, 3.63) is 86.1 Å². The van der Waals surface area contributed by atoms with E-state index in [1.165, 1.54) is 0 Å². The van der Waals surface area contributed by atoms with Crippen LogP contribution in [0.4, 0.5) is 0 Å². The smallest absolute Gasteiger partial charge is 0.205 e. The van der Waals surface area contributed by atoms with E-state index in [1.54, 1.807) is 0 Å². The highest BCUT2D eigenvalue weighted by atomic mass is 79.9. The van der Waals surface area contributed by atoms with Crippen molar-refractivity contribution in [2.45, 2.75) is 5.92 Å². The molecular formula is C20H12Br2N2O. The largest absolute Gasteiger partial charge is 0.439 e. The van der Waals surface area contributed by atoms with Crippen LogP contribution in [0.1, 0.15) is 17.0 Å². The van der Waals surface area contributed by atoms with Crippen LogP contribution in [0.3, 0.4) is 0 Å². The third-order valence-electron chi connectivity index (χ3n) is 4.36. The van der Waals surface area contributed by atoms with Crippen LogP contribution in [0.15, 0.2) is 75.0 Å². The minimum Gasteiger partial charge on any atom is -0.439 e. The highest BCUT2D eigenvalue weighted by Crippen LogP contribution is 2.49. The fourth-order valence-electron chi connectivity index (χ4n) is 3.29. The molecule has 4 rings (SSSR count). The zero-order valence-corrected chi connectivity index (χ0v) is 16.1. The van der Waals surface area contributed by atoms with Crippen LogP contribution in [0.25, 0.3) is 10.8 Å². The molecule has 0 spiro atoms. The molecule has 2 N–H and O–H groups in total. The zero-order chi connectivity index (χ0) is 17.6. The minimum atomic E-state index is -0.267. The number of halogens is 2. The van der Waals surface area contributed by atoms with E-state index < -0.39 is 0 Å². The Balaban J connectivity index is 2.11. The molecule has 1 atom stereocenters. The maximum Gasteiger partial charge on any atom is 0.205 e. The lowest BCUT2D eigenvalue weighted by Gasteiger charge is -2.28. The van der Waals surface area contributed by atoms with Gasteiger partial charge in [-0.3, -0.25) is 0 Å². The maximum atomic E-state index is 9.72. The highest BCUT2D eigenvalue weighted by molar-refractivity contribution is 9.10. The first-order valence-electron chi connectivity index (χ1n) is 7.64. The van der Waals surface area contributed by atoms with Crippen LogP contribution in [0, 0.1) is 11.3 Å². The average molecular weight is 456 g/mol. The van der Waals surface area contributed by atoms with Crippen molar-refractivity contribution in [1.29, 1.82) is 5.26 Å². The molecule has 1 heterocycles. The number of hydrogen-bond donors (Lipinski definition) is 1. The van der Waals surface area contributed by atoms with Gasteiger partial charge in [-0.15, -0.1) is 0 Å². The summed E-state index contributed by atoms with van der Waals surface area (Å²) in [7, 11) is 0. The molecule has 3 aromatic rings. The number of hydrogen-bond acceptors (Lipinski definition) is 3. The van der Waals surface area contributed by atoms with Gasteiger partial charge in [-0.2, -0.15) is 5.26 Å². The molecule has 0 fully saturated rings. The van der Waals surface area contributed by atoms with Crippen molar-refractivity contribution in [3.8, 4) is 11.8 Å². The van der Waals surface area contributed by atoms with E-state index in [-0.39, 0.29) is 11.8 Å². The molecule has 122 valence electrons. The Morgan fingerprint density at radius 1 is 1.04 bits per heavy atom. The predicted molar refractivity (Wildman–Crippen MR) is 105 cm³/mol. The molecule has 5 heteroatoms. The Kier molecular flexibility index (Phi) is 4.03. The maximum absolute atomic E-state index is 9.72. The van der Waals surface area contributed by atoms with Crippen molar-refractivity contribution in [1.82, 2.24) is 0 Å². The molecule has 0 saturated carbocycles. The molecule has 0 aromatic heterocycles. The molecule has 0 unspecified atom stereocenters. The summed E-state index contributed by atoms with van der Waals surface area (Å²) in [6, 6.07) is 20.2. The Morgan fingerprint density at radius 2 is 1.80 bits per heavy atom. The monoisotopic (exact) mass is 454 g/mol. The van der Waals surface area contributed by atoms with Crippen LogP contribution in [-0.4, -0.2) is 0 Å². The first kappa shape index (κ1) is 16.2. The standard InChI is InChI=1S/C20H12Br2N2O/c21-13-6-7-14-12(8-13)9-16(22)19-18(14)17(11-4-2-1-3-5-11)15(10-23)20(24)25-19/h1-9,17H,24H2/t17-/m0/s1. The third-order valence-corrected chi connectivity index (χ3v) is 5.44. The minimum absolute atomic E-state index is 0.154. The van der Waals surface area contributed by atoms with Crippen molar-refractivity contribution < 1.29 is 4.74 Å². The molecule has 0 amide bonds. The van der Waals surface area contributed by atoms with Gasteiger partial charge in [-0.25, -0.2) is 0 Å². The molecule has 0 bridgehead atoms. The summed E-state index contributed by atoms with van der Waals surface area (Å²) in [6.07, 6.45) is 0. The number of nitriles is 1. The van der Waals surface area contributed by atoms with E-state index in [1.807, 2.05) is 48.5 Å². The van der Waals surface area contributed by atoms with E-state index in [9.17, 15) is 5.26 Å². The normalized spacial score (nSPS) is 16.3. The van der Waals surface area contributed by atoms with Gasteiger partial charge in [0, 0.05) is 10.0 Å². The summed E-state index contributed by atoms with van der Waals surface area (Å²) < 4.78 is 7.64. The van der Waals surface area contributed by atoms with Crippen LogP contribution >= 0.6 is 31.9 Å². The summed E-state index contributed by atoms with van der Waals surface area (Å²) in [5.41, 5.74) is 8.47. The van der Waals surface area contributed by atoms with Gasteiger partial charge < -0.3 is 10.5 Å². The Bertz CT molecular complexity index is 1070. The third kappa shape index (κ3) is 2.62. The topological polar surface area (TPSA) is 59.0 Å². The van der Waals surface area contributed by atoms with Crippen LogP contribution < -0.4 is 10.5 Å². The van der Waals surface area contributed by atoms with Crippen LogP contribution in [-0.2, 0) is 0 Å². The molecular weight excluding hydrogens is 444 g/mol. The fraction of sp³-hybridized carbons (Fsp3) is 0.0500. The van der Waals surface area contributed by atoms with Gasteiger partial charge in [0.15, 0.2) is 0 Å². The van der Waals surface area contributed by atoms with Gasteiger partial charge in [-0.1, -0.05) is 52.3 Å². The second-order valence-corrected chi connectivity index (χ2v) is 7.57. The highest BCUT2D eigenvalue weighted by Gasteiger charge is 2.33. The van der Waals surface area contributed by atoms with E-state index in [0.717, 1.165) is 30.8 Å². The fourth-order valence-corrected chi connectivity index (χ4v) is 4.21. The Labute approximate surface area is 162 Å². The van der Waals surface area contributed by atoms with E-state index >= 15 is 0 Å². The molecule has 1 aliphatic heterocycles. The SMILES string of the molecule is N#CC1=C(N)Oc2c(Br)cc3cc(Br)ccc3c2[C@H]1c1ccccc1. The molecule has 1 aliphatic rings. The summed E-state index contributed by atoms with van der Waals surface area (Å²) >= 11 is 7.12. The number of nitrogens with two attached hydrogens (primary N) is 1. The van der Waals surface area contributed by atoms with Crippen LogP contribution in [0.5, 0.6) is 5.75 Å². The predicted octanol–water partition coefficient (Wildman–Crippen LogP) is 5.58. The van der Waals surface area contributed by atoms with Gasteiger partial charge in [0.2, 0.25) is 5.88 Å². The van der Waals surface area contributed by atoms with E-state index in [0.29, 0.717) is 11.3 Å². The number of nitrogens with zero attached hydrogens (tertiary/aromatic N) is 1. The Morgan fingerprint density at radius 3 is 2.52 bits per heavy atom. The lowest BCUT2D eigenvalue weighted by atomic mass is 9.81. The molecule has 0 saturated heterocycles. The van der Waals surface area contributed by atoms with Gasteiger partial charge in [0.25, 0.3) is 0 Å². The van der Waals surface area contributed by atoms with Crippen LogP contribution in [0.2, 0.25) is 0 Å². The van der Waals surface area contributed by atoms with Crippen molar-refractivity contribution in [2.75, 3.05) is 0 Å². The number of benzene rings is 3. The number of allylic oxidation sites excluding steroid dienone is 1. The zero-order valence-electron chi connectivity index (χ0n) is 13.0. The lowest BCUT2D eigenvalue weighted by Crippen LogP contribution is -2.21. The van der Waals surface area contributed by atoms with Gasteiger partial charge in [-0.05, 0) is 50.5 Å². The Hall–Kier alpha value is -2.29. The summed E-state index contributed by atoms with van der Waals surface area (Å²) in [5, 5.41) is 11.8. The molecule has 3 aromatic carbocycles. The van der Waals surface area contributed by atoms with Crippen molar-refractivity contribution in [3.63, 3.8) is 0 Å². The lowest BCUT2D eigenvalue weighted by molar-refractivity contribution is 0.392. The van der Waals surface area contributed by atoms with Crippen molar-refractivity contribution in [2.24, 2.45) is 5.73 Å². The second kappa shape index (κ2) is 6.21. The first-order chi connectivity index (χ1) is 12.1.